The minimum Gasteiger partial charge on any atom is -0.455 e. The van der Waals surface area contributed by atoms with Gasteiger partial charge in [0.15, 0.2) is 0 Å². The maximum absolute atomic E-state index is 14.7. The van der Waals surface area contributed by atoms with Gasteiger partial charge in [-0.3, -0.25) is 19.2 Å². The Morgan fingerprint density at radius 2 is 1.91 bits per heavy atom. The summed E-state index contributed by atoms with van der Waals surface area (Å²) in [5.41, 5.74) is -0.526. The van der Waals surface area contributed by atoms with Gasteiger partial charge >= 0.3 is 5.97 Å². The van der Waals surface area contributed by atoms with Crippen molar-refractivity contribution in [3.05, 3.63) is 61.2 Å². The Kier molecular flexibility index (Phi) is 11.6. The van der Waals surface area contributed by atoms with Crippen LogP contribution < -0.4 is 5.32 Å². The molecule has 11 heteroatoms. The number of benzene rings is 1. The van der Waals surface area contributed by atoms with Crippen LogP contribution in [0.4, 0.5) is 0 Å². The molecule has 0 aromatic heterocycles. The van der Waals surface area contributed by atoms with Crippen molar-refractivity contribution in [2.24, 2.45) is 11.8 Å². The molecule has 0 radical (unpaired) electrons. The first-order chi connectivity index (χ1) is 22.7. The third-order valence-corrected chi connectivity index (χ3v) is 11.1. The third kappa shape index (κ3) is 6.94. The Morgan fingerprint density at radius 1 is 1.19 bits per heavy atom. The molecule has 1 aromatic carbocycles. The molecule has 3 saturated heterocycles. The molecule has 1 aliphatic carbocycles. The Balaban J connectivity index is 1.46. The number of fused-ring (bicyclic) bond motifs is 1. The zero-order valence-corrected chi connectivity index (χ0v) is 28.8. The maximum Gasteiger partial charge on any atom is 0.313 e. The van der Waals surface area contributed by atoms with Crippen molar-refractivity contribution in [2.75, 3.05) is 19.7 Å². The van der Waals surface area contributed by atoms with Crippen LogP contribution in [-0.2, 0) is 28.7 Å². The number of halogens is 1. The van der Waals surface area contributed by atoms with Gasteiger partial charge in [-0.15, -0.1) is 13.2 Å². The van der Waals surface area contributed by atoms with Crippen molar-refractivity contribution in [2.45, 2.75) is 105 Å². The van der Waals surface area contributed by atoms with Gasteiger partial charge in [0.05, 0.1) is 24.0 Å². The van der Waals surface area contributed by atoms with Crippen molar-refractivity contribution in [1.29, 1.82) is 0 Å². The number of aliphatic hydroxyl groups is 1. The number of hydrogen-bond acceptors (Lipinski definition) is 7. The fraction of sp³-hybridized carbons (Fsp3) is 0.611. The summed E-state index contributed by atoms with van der Waals surface area (Å²) in [6.07, 6.45) is 8.30. The molecule has 3 amide bonds. The molecular weight excluding hydrogens is 666 g/mol. The monoisotopic (exact) mass is 713 g/mol. The van der Waals surface area contributed by atoms with Crippen molar-refractivity contribution in [3.8, 4) is 0 Å². The molecule has 47 heavy (non-hydrogen) atoms. The first-order valence-electron chi connectivity index (χ1n) is 17.0. The van der Waals surface area contributed by atoms with Gasteiger partial charge in [-0.2, -0.15) is 0 Å². The normalized spacial score (nSPS) is 29.6. The van der Waals surface area contributed by atoms with Crippen LogP contribution in [0.1, 0.15) is 76.4 Å². The van der Waals surface area contributed by atoms with Gasteiger partial charge in [0, 0.05) is 37.0 Å². The highest BCUT2D eigenvalue weighted by Gasteiger charge is 2.77. The van der Waals surface area contributed by atoms with Gasteiger partial charge in [-0.25, -0.2) is 0 Å². The highest BCUT2D eigenvalue weighted by atomic mass is 79.9. The average molecular weight is 715 g/mol. The average Bonchev–Trinajstić information content (AvgIpc) is 3.67. The molecular formula is C36H48BrN3O7. The Bertz CT molecular complexity index is 1320. The van der Waals surface area contributed by atoms with E-state index in [4.69, 9.17) is 9.47 Å². The van der Waals surface area contributed by atoms with Crippen molar-refractivity contribution >= 4 is 39.6 Å². The topological polar surface area (TPSA) is 125 Å². The zero-order valence-electron chi connectivity index (χ0n) is 27.2. The van der Waals surface area contributed by atoms with Crippen LogP contribution in [0, 0.1) is 11.8 Å². The fourth-order valence-corrected chi connectivity index (χ4v) is 9.15. The van der Waals surface area contributed by atoms with Crippen molar-refractivity contribution in [1.82, 2.24) is 15.1 Å². The maximum atomic E-state index is 14.7. The molecule has 10 nitrogen and oxygen atoms in total. The lowest BCUT2D eigenvalue weighted by Crippen LogP contribution is -2.58. The molecule has 1 unspecified atom stereocenters. The second-order valence-corrected chi connectivity index (χ2v) is 14.5. The molecule has 256 valence electrons. The summed E-state index contributed by atoms with van der Waals surface area (Å²) in [5, 5.41) is 12.7. The summed E-state index contributed by atoms with van der Waals surface area (Å²) in [5.74, 6) is -3.21. The van der Waals surface area contributed by atoms with Gasteiger partial charge in [-0.05, 0) is 44.6 Å². The van der Waals surface area contributed by atoms with Crippen LogP contribution in [0.15, 0.2) is 55.6 Å². The number of aliphatic hydroxyl groups excluding tert-OH is 1. The summed E-state index contributed by atoms with van der Waals surface area (Å²) >= 11 is 3.74. The molecule has 4 aliphatic rings. The summed E-state index contributed by atoms with van der Waals surface area (Å²) in [6, 6.07) is 7.73. The number of esters is 1. The number of allylic oxidation sites excluding steroid dienone is 1. The number of likely N-dealkylation sites (tertiary alicyclic amines) is 1. The summed E-state index contributed by atoms with van der Waals surface area (Å²) in [4.78, 5) is 59.1. The Labute approximate surface area is 286 Å². The molecule has 2 bridgehead atoms. The van der Waals surface area contributed by atoms with E-state index in [9.17, 15) is 24.3 Å². The number of carbonyl (C=O) groups excluding carboxylic acids is 4. The Morgan fingerprint density at radius 3 is 2.57 bits per heavy atom. The van der Waals surface area contributed by atoms with E-state index >= 15 is 0 Å². The molecule has 4 fully saturated rings. The number of alkyl halides is 1. The first kappa shape index (κ1) is 35.3. The fourth-order valence-electron chi connectivity index (χ4n) is 8.21. The second kappa shape index (κ2) is 15.5. The lowest BCUT2D eigenvalue weighted by Gasteiger charge is -2.41. The molecule has 3 aliphatic heterocycles. The highest BCUT2D eigenvalue weighted by molar-refractivity contribution is 9.09. The van der Waals surface area contributed by atoms with E-state index in [0.29, 0.717) is 31.4 Å². The molecule has 8 atom stereocenters. The number of rotatable bonds is 15. The van der Waals surface area contributed by atoms with E-state index in [1.807, 2.05) is 35.2 Å². The minimum absolute atomic E-state index is 0.0356. The van der Waals surface area contributed by atoms with Gasteiger partial charge in [-0.1, -0.05) is 77.7 Å². The van der Waals surface area contributed by atoms with E-state index in [0.717, 1.165) is 32.1 Å². The lowest BCUT2D eigenvalue weighted by molar-refractivity contribution is -0.162. The SMILES string of the molecule is C=CCCC(=O)N[C@H](C)[C@@H](OC(=O)[C@@H]1[C@H]2O[C@@]3(CC2Br)[C@H](C(=O)N(CC=C)C2CCCCC2)N(CCCO)C(=O)[C@@H]13)c1ccccc1. The molecule has 2 N–H and O–H groups in total. The molecule has 3 heterocycles. The minimum atomic E-state index is -1.23. The smallest absolute Gasteiger partial charge is 0.313 e. The molecule has 1 spiro atoms. The zero-order chi connectivity index (χ0) is 33.7. The third-order valence-electron chi connectivity index (χ3n) is 10.3. The van der Waals surface area contributed by atoms with Crippen LogP contribution in [0.3, 0.4) is 0 Å². The highest BCUT2D eigenvalue weighted by Crippen LogP contribution is 2.60. The standard InChI is InChI=1S/C36H48BrN3O7/c1-4-6-18-27(42)38-23(3)30(24-14-9-7-10-15-24)46-35(45)28-29-33(43)40(20-13-21-41)32(36(29)22-26(37)31(28)47-36)34(44)39(19-5-2)25-16-11-8-12-17-25/h4-5,7,9-10,14-15,23,25-26,28-32,41H,1-2,6,8,11-13,16-22H2,3H3,(H,38,42)/t23-,26?,28+,29-,30-,31+,32+,36-/m1/s1. The number of carbonyl (C=O) groups is 4. The summed E-state index contributed by atoms with van der Waals surface area (Å²) in [7, 11) is 0. The van der Waals surface area contributed by atoms with Gasteiger partial charge < -0.3 is 29.7 Å². The molecule has 1 aromatic rings. The predicted octanol–water partition coefficient (Wildman–Crippen LogP) is 4.22. The number of amides is 3. The van der Waals surface area contributed by atoms with Crippen LogP contribution in [0.2, 0.25) is 0 Å². The quantitative estimate of drug-likeness (QED) is 0.158. The number of hydrogen-bond donors (Lipinski definition) is 2. The van der Waals surface area contributed by atoms with Gasteiger partial charge in [0.2, 0.25) is 17.7 Å². The van der Waals surface area contributed by atoms with Crippen LogP contribution in [0.25, 0.3) is 0 Å². The predicted molar refractivity (Wildman–Crippen MR) is 180 cm³/mol. The van der Waals surface area contributed by atoms with Crippen LogP contribution in [-0.4, -0.2) is 93.0 Å². The number of ether oxygens (including phenoxy) is 2. The lowest BCUT2D eigenvalue weighted by atomic mass is 9.70. The van der Waals surface area contributed by atoms with Crippen LogP contribution in [0.5, 0.6) is 0 Å². The van der Waals surface area contributed by atoms with Gasteiger partial charge in [0.25, 0.3) is 0 Å². The second-order valence-electron chi connectivity index (χ2n) is 13.3. The summed E-state index contributed by atoms with van der Waals surface area (Å²) < 4.78 is 12.9. The van der Waals surface area contributed by atoms with E-state index < -0.39 is 47.7 Å². The number of nitrogens with zero attached hydrogens (tertiary/aromatic N) is 2. The molecule has 1 saturated carbocycles. The van der Waals surface area contributed by atoms with Crippen molar-refractivity contribution in [3.63, 3.8) is 0 Å². The summed E-state index contributed by atoms with van der Waals surface area (Å²) in [6.45, 7) is 9.74. The van der Waals surface area contributed by atoms with E-state index in [2.05, 4.69) is 34.4 Å². The van der Waals surface area contributed by atoms with E-state index in [-0.39, 0.29) is 48.2 Å². The van der Waals surface area contributed by atoms with E-state index in [1.165, 1.54) is 0 Å². The van der Waals surface area contributed by atoms with E-state index in [1.54, 1.807) is 24.0 Å². The van der Waals surface area contributed by atoms with Crippen molar-refractivity contribution < 1.29 is 33.8 Å². The molecule has 5 rings (SSSR count). The largest absolute Gasteiger partial charge is 0.455 e. The number of nitrogens with one attached hydrogen (secondary N) is 1. The van der Waals surface area contributed by atoms with Gasteiger partial charge in [0.1, 0.15) is 17.7 Å². The first-order valence-corrected chi connectivity index (χ1v) is 17.9. The van der Waals surface area contributed by atoms with Crippen LogP contribution >= 0.6 is 15.9 Å². The Hall–Kier alpha value is -3.02.